The highest BCUT2D eigenvalue weighted by atomic mass is 16.1. The Hall–Kier alpha value is -1.15. The van der Waals surface area contributed by atoms with E-state index in [-0.39, 0.29) is 0 Å². The minimum Gasteiger partial charge on any atom is -0.293 e. The predicted octanol–water partition coefficient (Wildman–Crippen LogP) is 4.14. The van der Waals surface area contributed by atoms with Gasteiger partial charge in [-0.2, -0.15) is 0 Å². The summed E-state index contributed by atoms with van der Waals surface area (Å²) in [6, 6.07) is 6.85. The molecule has 1 aliphatic heterocycles. The van der Waals surface area contributed by atoms with Crippen LogP contribution in [0, 0.1) is 19.8 Å². The number of aryl methyl sites for hydroxylation is 2. The third kappa shape index (κ3) is 3.21. The molecule has 1 aromatic rings. The fourth-order valence-corrected chi connectivity index (χ4v) is 4.32. The number of likely N-dealkylation sites (tertiary alicyclic amines) is 1. The predicted molar refractivity (Wildman–Crippen MR) is 86.8 cm³/mol. The zero-order valence-corrected chi connectivity index (χ0v) is 13.4. The van der Waals surface area contributed by atoms with Crippen LogP contribution in [0.5, 0.6) is 0 Å². The molecular formula is C19H27NO. The molecule has 1 saturated heterocycles. The molecule has 2 fully saturated rings. The number of ketones is 1. The average Bonchev–Trinajstić information content (AvgIpc) is 2.47. The highest BCUT2D eigenvalue weighted by Gasteiger charge is 2.34. The van der Waals surface area contributed by atoms with Crippen molar-refractivity contribution in [1.29, 1.82) is 0 Å². The molecule has 2 aliphatic rings. The number of piperidine rings is 1. The van der Waals surface area contributed by atoms with Gasteiger partial charge < -0.3 is 0 Å². The first-order valence-electron chi connectivity index (χ1n) is 8.49. The Morgan fingerprint density at radius 2 is 1.90 bits per heavy atom. The highest BCUT2D eigenvalue weighted by molar-refractivity contribution is 5.99. The lowest BCUT2D eigenvalue weighted by Crippen LogP contribution is -2.48. The Balaban J connectivity index is 1.71. The summed E-state index contributed by atoms with van der Waals surface area (Å²) in [4.78, 5) is 15.2. The van der Waals surface area contributed by atoms with Gasteiger partial charge in [0.15, 0.2) is 5.78 Å². The van der Waals surface area contributed by atoms with Crippen LogP contribution in [0.25, 0.3) is 0 Å². The normalized spacial score (nSPS) is 26.4. The monoisotopic (exact) mass is 285 g/mol. The number of hydrogen-bond donors (Lipinski definition) is 0. The van der Waals surface area contributed by atoms with E-state index in [9.17, 15) is 4.79 Å². The first-order chi connectivity index (χ1) is 10.1. The number of rotatable bonds is 3. The van der Waals surface area contributed by atoms with Crippen molar-refractivity contribution < 1.29 is 4.79 Å². The van der Waals surface area contributed by atoms with Crippen molar-refractivity contribution in [3.63, 3.8) is 0 Å². The summed E-state index contributed by atoms with van der Waals surface area (Å²) in [5, 5.41) is 0. The van der Waals surface area contributed by atoms with Crippen LogP contribution in [-0.4, -0.2) is 29.8 Å². The van der Waals surface area contributed by atoms with Gasteiger partial charge in [0, 0.05) is 11.6 Å². The third-order valence-corrected chi connectivity index (χ3v) is 5.39. The average molecular weight is 285 g/mol. The van der Waals surface area contributed by atoms with E-state index in [1.54, 1.807) is 0 Å². The van der Waals surface area contributed by atoms with E-state index in [4.69, 9.17) is 0 Å². The fraction of sp³-hybridized carbons (Fsp3) is 0.632. The molecule has 0 aromatic heterocycles. The van der Waals surface area contributed by atoms with Crippen LogP contribution in [-0.2, 0) is 0 Å². The van der Waals surface area contributed by atoms with Crippen LogP contribution in [0.4, 0.5) is 0 Å². The first-order valence-corrected chi connectivity index (χ1v) is 8.49. The summed E-state index contributed by atoms with van der Waals surface area (Å²) in [5.41, 5.74) is 3.27. The van der Waals surface area contributed by atoms with E-state index < -0.39 is 0 Å². The number of nitrogens with zero attached hydrogens (tertiary/aromatic N) is 1. The van der Waals surface area contributed by atoms with Gasteiger partial charge in [0.2, 0.25) is 0 Å². The molecule has 0 amide bonds. The molecule has 1 aliphatic carbocycles. The zero-order chi connectivity index (χ0) is 14.8. The number of Topliss-reactive ketones (excluding diaryl/α,β-unsaturated/α-hetero) is 1. The molecule has 2 heteroatoms. The quantitative estimate of drug-likeness (QED) is 0.778. The van der Waals surface area contributed by atoms with E-state index in [1.165, 1.54) is 44.1 Å². The molecule has 1 heterocycles. The van der Waals surface area contributed by atoms with Gasteiger partial charge in [-0.3, -0.25) is 9.69 Å². The number of hydrogen-bond acceptors (Lipinski definition) is 2. The minimum absolute atomic E-state index is 0.304. The molecule has 1 saturated carbocycles. The van der Waals surface area contributed by atoms with Crippen LogP contribution in [0.3, 0.4) is 0 Å². The molecule has 0 radical (unpaired) electrons. The van der Waals surface area contributed by atoms with Crippen molar-refractivity contribution in [2.24, 2.45) is 5.92 Å². The van der Waals surface area contributed by atoms with E-state index in [0.717, 1.165) is 23.6 Å². The van der Waals surface area contributed by atoms with Gasteiger partial charge in [-0.05, 0) is 57.6 Å². The van der Waals surface area contributed by atoms with Gasteiger partial charge in [-0.25, -0.2) is 0 Å². The molecule has 2 nitrogen and oxygen atoms in total. The molecule has 0 N–H and O–H groups in total. The highest BCUT2D eigenvalue weighted by Crippen LogP contribution is 2.35. The summed E-state index contributed by atoms with van der Waals surface area (Å²) in [7, 11) is 0. The zero-order valence-electron chi connectivity index (χ0n) is 13.4. The van der Waals surface area contributed by atoms with Gasteiger partial charge in [-0.15, -0.1) is 0 Å². The molecule has 0 bridgehead atoms. The molecular weight excluding hydrogens is 258 g/mol. The van der Waals surface area contributed by atoms with Crippen LogP contribution in [0.15, 0.2) is 18.2 Å². The Morgan fingerprint density at radius 1 is 1.14 bits per heavy atom. The summed E-state index contributed by atoms with van der Waals surface area (Å²) in [6.45, 7) is 5.86. The third-order valence-electron chi connectivity index (χ3n) is 5.39. The summed E-state index contributed by atoms with van der Waals surface area (Å²) < 4.78 is 0. The Morgan fingerprint density at radius 3 is 2.71 bits per heavy atom. The maximum Gasteiger partial charge on any atom is 0.177 e. The summed E-state index contributed by atoms with van der Waals surface area (Å²) >= 11 is 0. The van der Waals surface area contributed by atoms with Gasteiger partial charge >= 0.3 is 0 Å². The minimum atomic E-state index is 0.304. The number of benzene rings is 1. The molecule has 0 unspecified atom stereocenters. The summed E-state index contributed by atoms with van der Waals surface area (Å²) in [5.74, 6) is 1.15. The van der Waals surface area contributed by atoms with Crippen molar-refractivity contribution in [3.05, 3.63) is 34.9 Å². The van der Waals surface area contributed by atoms with Crippen molar-refractivity contribution in [2.75, 3.05) is 13.1 Å². The Bertz CT molecular complexity index is 520. The van der Waals surface area contributed by atoms with Gasteiger partial charge in [0.1, 0.15) is 0 Å². The van der Waals surface area contributed by atoms with Crippen LogP contribution >= 0.6 is 0 Å². The molecule has 114 valence electrons. The smallest absolute Gasteiger partial charge is 0.177 e. The lowest BCUT2D eigenvalue weighted by Gasteiger charge is -2.43. The van der Waals surface area contributed by atoms with Gasteiger partial charge in [0.25, 0.3) is 0 Å². The SMILES string of the molecule is Cc1ccc(C(=O)CN2CCC[C@H]3CCCC[C@H]32)c(C)c1. The molecule has 0 spiro atoms. The van der Waals surface area contributed by atoms with Gasteiger partial charge in [0.05, 0.1) is 6.54 Å². The lowest BCUT2D eigenvalue weighted by molar-refractivity contribution is 0.0539. The van der Waals surface area contributed by atoms with E-state index in [2.05, 4.69) is 30.9 Å². The Kier molecular flexibility index (Phi) is 4.44. The van der Waals surface area contributed by atoms with E-state index in [1.807, 2.05) is 6.07 Å². The largest absolute Gasteiger partial charge is 0.293 e. The number of carbonyl (C=O) groups excluding carboxylic acids is 1. The second kappa shape index (κ2) is 6.31. The first kappa shape index (κ1) is 14.8. The van der Waals surface area contributed by atoms with E-state index >= 15 is 0 Å². The second-order valence-electron chi connectivity index (χ2n) is 6.97. The molecule has 3 rings (SSSR count). The fourth-order valence-electron chi connectivity index (χ4n) is 4.32. The maximum atomic E-state index is 12.7. The maximum absolute atomic E-state index is 12.7. The summed E-state index contributed by atoms with van der Waals surface area (Å²) in [6.07, 6.45) is 8.04. The van der Waals surface area contributed by atoms with Crippen molar-refractivity contribution >= 4 is 5.78 Å². The number of carbonyl (C=O) groups is 1. The van der Waals surface area contributed by atoms with Crippen LogP contribution in [0.1, 0.15) is 60.0 Å². The van der Waals surface area contributed by atoms with Gasteiger partial charge in [-0.1, -0.05) is 36.6 Å². The lowest BCUT2D eigenvalue weighted by atomic mass is 9.78. The molecule has 1 aromatic carbocycles. The van der Waals surface area contributed by atoms with E-state index in [0.29, 0.717) is 18.4 Å². The van der Waals surface area contributed by atoms with Crippen LogP contribution in [0.2, 0.25) is 0 Å². The molecule has 2 atom stereocenters. The number of fused-ring (bicyclic) bond motifs is 1. The standard InChI is InChI=1S/C19H27NO/c1-14-9-10-17(15(2)12-14)19(21)13-20-11-5-7-16-6-3-4-8-18(16)20/h9-10,12,16,18H,3-8,11,13H2,1-2H3/t16-,18-/m1/s1. The van der Waals surface area contributed by atoms with Crippen molar-refractivity contribution in [1.82, 2.24) is 4.90 Å². The Labute approximate surface area is 128 Å². The topological polar surface area (TPSA) is 20.3 Å². The van der Waals surface area contributed by atoms with Crippen molar-refractivity contribution in [2.45, 2.75) is 58.4 Å². The molecule has 21 heavy (non-hydrogen) atoms. The van der Waals surface area contributed by atoms with Crippen LogP contribution < -0.4 is 0 Å². The van der Waals surface area contributed by atoms with Crippen molar-refractivity contribution in [3.8, 4) is 0 Å². The second-order valence-corrected chi connectivity index (χ2v) is 6.97.